The normalized spacial score (nSPS) is 29.4. The van der Waals surface area contributed by atoms with E-state index in [0.29, 0.717) is 5.92 Å². The van der Waals surface area contributed by atoms with Crippen LogP contribution in [0.2, 0.25) is 0 Å². The number of aliphatic imine (C=N–C) groups is 1. The van der Waals surface area contributed by atoms with Gasteiger partial charge in [-0.25, -0.2) is 0 Å². The summed E-state index contributed by atoms with van der Waals surface area (Å²) in [4.78, 5) is 4.99. The smallest absolute Gasteiger partial charge is 0.0537 e. The third-order valence-corrected chi connectivity index (χ3v) is 5.30. The van der Waals surface area contributed by atoms with Crippen molar-refractivity contribution in [1.29, 1.82) is 0 Å². The highest BCUT2D eigenvalue weighted by Crippen LogP contribution is 2.47. The second kappa shape index (κ2) is 6.81. The molecule has 22 heavy (non-hydrogen) atoms. The Morgan fingerprint density at radius 3 is 2.77 bits per heavy atom. The van der Waals surface area contributed by atoms with E-state index >= 15 is 0 Å². The molecule has 0 saturated carbocycles. The molecular weight excluding hydrogens is 266 g/mol. The number of rotatable bonds is 4. The molecule has 0 bridgehead atoms. The monoisotopic (exact) mass is 297 g/mol. The van der Waals surface area contributed by atoms with Gasteiger partial charge in [-0.1, -0.05) is 62.3 Å². The minimum atomic E-state index is -0.0933. The average Bonchev–Trinajstić information content (AvgIpc) is 2.61. The van der Waals surface area contributed by atoms with Gasteiger partial charge in [0.15, 0.2) is 0 Å². The van der Waals surface area contributed by atoms with Gasteiger partial charge in [-0.05, 0) is 51.9 Å². The fourth-order valence-electron chi connectivity index (χ4n) is 4.01. The lowest BCUT2D eigenvalue weighted by Gasteiger charge is -2.41. The topological polar surface area (TPSA) is 12.4 Å². The Morgan fingerprint density at radius 1 is 1.45 bits per heavy atom. The van der Waals surface area contributed by atoms with Gasteiger partial charge in [-0.2, -0.15) is 0 Å². The van der Waals surface area contributed by atoms with Crippen LogP contribution in [-0.2, 0) is 0 Å². The minimum Gasteiger partial charge on any atom is -0.261 e. The van der Waals surface area contributed by atoms with Gasteiger partial charge >= 0.3 is 0 Å². The molecule has 0 spiro atoms. The predicted octanol–water partition coefficient (Wildman–Crippen LogP) is 6.40. The van der Waals surface area contributed by atoms with Gasteiger partial charge in [0.05, 0.1) is 5.41 Å². The molecule has 1 aliphatic carbocycles. The number of nitrogens with zero attached hydrogens (tertiary/aromatic N) is 1. The van der Waals surface area contributed by atoms with Crippen molar-refractivity contribution in [2.24, 2.45) is 16.3 Å². The van der Waals surface area contributed by atoms with Gasteiger partial charge < -0.3 is 0 Å². The van der Waals surface area contributed by atoms with Crippen LogP contribution in [0, 0.1) is 11.3 Å². The van der Waals surface area contributed by atoms with Crippen molar-refractivity contribution in [3.63, 3.8) is 0 Å². The van der Waals surface area contributed by atoms with E-state index in [9.17, 15) is 0 Å². The summed E-state index contributed by atoms with van der Waals surface area (Å²) in [6.45, 7) is 17.5. The SMILES string of the molecule is C=C1CCCC(C)C(C2(C(=C)C)CC=C(CCC)C=C2C)=N1. The molecule has 1 aliphatic heterocycles. The Balaban J connectivity index is 2.49. The van der Waals surface area contributed by atoms with Crippen LogP contribution in [0.1, 0.15) is 66.2 Å². The number of hydrogen-bond acceptors (Lipinski definition) is 1. The third kappa shape index (κ3) is 3.04. The number of hydrogen-bond donors (Lipinski definition) is 0. The number of allylic oxidation sites excluding steroid dienone is 6. The lowest BCUT2D eigenvalue weighted by Crippen LogP contribution is -2.38. The van der Waals surface area contributed by atoms with Crippen LogP contribution in [0.4, 0.5) is 0 Å². The Hall–Kier alpha value is -1.37. The first-order valence-electron chi connectivity index (χ1n) is 8.72. The molecule has 2 rings (SSSR count). The van der Waals surface area contributed by atoms with Crippen LogP contribution in [0.15, 0.2) is 52.7 Å². The van der Waals surface area contributed by atoms with Gasteiger partial charge in [-0.3, -0.25) is 4.99 Å². The largest absolute Gasteiger partial charge is 0.261 e. The molecule has 0 aromatic heterocycles. The summed E-state index contributed by atoms with van der Waals surface area (Å²) in [5.41, 5.74) is 6.33. The first-order chi connectivity index (χ1) is 10.4. The van der Waals surface area contributed by atoms with E-state index in [4.69, 9.17) is 4.99 Å². The Labute approximate surface area is 136 Å². The summed E-state index contributed by atoms with van der Waals surface area (Å²) >= 11 is 0. The molecule has 1 heterocycles. The van der Waals surface area contributed by atoms with Gasteiger partial charge in [-0.15, -0.1) is 0 Å². The predicted molar refractivity (Wildman–Crippen MR) is 98.2 cm³/mol. The average molecular weight is 297 g/mol. The summed E-state index contributed by atoms with van der Waals surface area (Å²) in [5.74, 6) is 0.500. The summed E-state index contributed by atoms with van der Waals surface area (Å²) in [6, 6.07) is 0. The molecule has 0 amide bonds. The van der Waals surface area contributed by atoms with E-state index in [1.165, 1.54) is 48.1 Å². The zero-order valence-corrected chi connectivity index (χ0v) is 14.8. The van der Waals surface area contributed by atoms with Crippen LogP contribution in [0.3, 0.4) is 0 Å². The summed E-state index contributed by atoms with van der Waals surface area (Å²) in [5, 5.41) is 0. The molecule has 0 saturated heterocycles. The Bertz CT molecular complexity index is 558. The fourth-order valence-corrected chi connectivity index (χ4v) is 4.01. The maximum absolute atomic E-state index is 4.99. The van der Waals surface area contributed by atoms with Crippen molar-refractivity contribution < 1.29 is 0 Å². The molecule has 0 radical (unpaired) electrons. The molecule has 2 atom stereocenters. The van der Waals surface area contributed by atoms with E-state index < -0.39 is 0 Å². The Kier molecular flexibility index (Phi) is 5.26. The van der Waals surface area contributed by atoms with Crippen molar-refractivity contribution in [2.75, 3.05) is 0 Å². The molecule has 0 aromatic carbocycles. The van der Waals surface area contributed by atoms with Gasteiger partial charge in [0.1, 0.15) is 0 Å². The van der Waals surface area contributed by atoms with Crippen molar-refractivity contribution in [1.82, 2.24) is 0 Å². The van der Waals surface area contributed by atoms with Crippen molar-refractivity contribution in [2.45, 2.75) is 66.2 Å². The van der Waals surface area contributed by atoms with Gasteiger partial charge in [0.2, 0.25) is 0 Å². The molecule has 0 fully saturated rings. The summed E-state index contributed by atoms with van der Waals surface area (Å²) in [7, 11) is 0. The first kappa shape index (κ1) is 17.0. The lowest BCUT2D eigenvalue weighted by molar-refractivity contribution is 0.533. The van der Waals surface area contributed by atoms with Gasteiger partial charge in [0.25, 0.3) is 0 Å². The zero-order valence-electron chi connectivity index (χ0n) is 14.8. The van der Waals surface area contributed by atoms with Gasteiger partial charge in [0, 0.05) is 11.4 Å². The summed E-state index contributed by atoms with van der Waals surface area (Å²) < 4.78 is 0. The van der Waals surface area contributed by atoms with E-state index in [0.717, 1.165) is 18.5 Å². The highest BCUT2D eigenvalue weighted by Gasteiger charge is 2.41. The minimum absolute atomic E-state index is 0.0933. The molecule has 2 aliphatic rings. The molecular formula is C21H31N. The van der Waals surface area contributed by atoms with E-state index in [-0.39, 0.29) is 5.41 Å². The highest BCUT2D eigenvalue weighted by molar-refractivity contribution is 5.98. The van der Waals surface area contributed by atoms with E-state index in [1.807, 2.05) is 0 Å². The van der Waals surface area contributed by atoms with Crippen LogP contribution in [0.25, 0.3) is 0 Å². The van der Waals surface area contributed by atoms with Crippen LogP contribution in [-0.4, -0.2) is 5.71 Å². The quantitative estimate of drug-likeness (QED) is 0.532. The third-order valence-electron chi connectivity index (χ3n) is 5.30. The van der Waals surface area contributed by atoms with E-state index in [2.05, 4.69) is 53.0 Å². The molecule has 0 N–H and O–H groups in total. The Morgan fingerprint density at radius 2 is 2.18 bits per heavy atom. The first-order valence-corrected chi connectivity index (χ1v) is 8.72. The van der Waals surface area contributed by atoms with Crippen LogP contribution < -0.4 is 0 Å². The lowest BCUT2D eigenvalue weighted by atomic mass is 9.63. The molecule has 2 unspecified atom stereocenters. The highest BCUT2D eigenvalue weighted by atomic mass is 14.8. The van der Waals surface area contributed by atoms with Crippen molar-refractivity contribution >= 4 is 5.71 Å². The molecule has 1 nitrogen and oxygen atoms in total. The molecule has 120 valence electrons. The standard InChI is InChI=1S/C21H31N/c1-7-9-19-12-13-21(15(2)3,17(5)14-19)20-16(4)10-8-11-18(6)22-20/h12,14,16H,2,6-11,13H2,1,3-5H3. The molecule has 0 aromatic rings. The second-order valence-corrected chi connectivity index (χ2v) is 7.10. The second-order valence-electron chi connectivity index (χ2n) is 7.10. The maximum Gasteiger partial charge on any atom is 0.0537 e. The van der Waals surface area contributed by atoms with Crippen molar-refractivity contribution in [3.05, 3.63) is 47.7 Å². The summed E-state index contributed by atoms with van der Waals surface area (Å²) in [6.07, 6.45) is 11.6. The maximum atomic E-state index is 4.99. The van der Waals surface area contributed by atoms with Crippen LogP contribution in [0.5, 0.6) is 0 Å². The van der Waals surface area contributed by atoms with E-state index in [1.54, 1.807) is 0 Å². The zero-order chi connectivity index (χ0) is 16.3. The molecule has 1 heteroatoms. The van der Waals surface area contributed by atoms with Crippen molar-refractivity contribution in [3.8, 4) is 0 Å². The fraction of sp³-hybridized carbons (Fsp3) is 0.571. The van der Waals surface area contributed by atoms with Crippen LogP contribution >= 0.6 is 0 Å².